The summed E-state index contributed by atoms with van der Waals surface area (Å²) in [7, 11) is 1.65. The number of aryl methyl sites for hydroxylation is 2. The van der Waals surface area contributed by atoms with E-state index in [0.717, 1.165) is 50.3 Å². The first-order valence-corrected chi connectivity index (χ1v) is 16.0. The predicted molar refractivity (Wildman–Crippen MR) is 182 cm³/mol. The highest BCUT2D eigenvalue weighted by Crippen LogP contribution is 2.34. The molecule has 1 fully saturated rings. The van der Waals surface area contributed by atoms with E-state index in [1.807, 2.05) is 56.3 Å². The van der Waals surface area contributed by atoms with Crippen LogP contribution in [0.2, 0.25) is 0 Å². The molecule has 1 aliphatic heterocycles. The number of carbonyl (C=O) groups excluding carboxylic acids is 2. The first-order chi connectivity index (χ1) is 22.5. The Morgan fingerprint density at radius 1 is 0.957 bits per heavy atom. The van der Waals surface area contributed by atoms with Gasteiger partial charge in [0.1, 0.15) is 17.3 Å². The van der Waals surface area contributed by atoms with E-state index in [1.165, 1.54) is 23.7 Å². The van der Waals surface area contributed by atoms with Crippen molar-refractivity contribution in [1.29, 1.82) is 0 Å². The molecule has 0 radical (unpaired) electrons. The molecule has 1 saturated heterocycles. The van der Waals surface area contributed by atoms with Crippen LogP contribution in [0.15, 0.2) is 61.1 Å². The number of hydrogen-bond acceptors (Lipinski definition) is 9. The van der Waals surface area contributed by atoms with Gasteiger partial charge in [-0.3, -0.25) is 15.0 Å². The standard InChI is InChI=1S/C34H36N8O4S/c1-20-14-24(15-21(2)30(20)45-6)42-28(16-27(40-42)34(3,4)5)39-31(44)38-23-17-35-32(36-18-23)46-25-11-9-22(10-12-25)26-19-37-33(47-26)41-13-7-8-29(41)43/h9-12,14-19H,7-8,13H2,1-6H3,(H2,38,39,44). The van der Waals surface area contributed by atoms with E-state index in [4.69, 9.17) is 14.6 Å². The van der Waals surface area contributed by atoms with Crippen LogP contribution in [0, 0.1) is 13.8 Å². The Morgan fingerprint density at radius 3 is 2.28 bits per heavy atom. The molecular formula is C34H36N8O4S. The van der Waals surface area contributed by atoms with Crippen molar-refractivity contribution in [3.8, 4) is 33.6 Å². The second-order valence-electron chi connectivity index (χ2n) is 12.3. The van der Waals surface area contributed by atoms with Gasteiger partial charge in [-0.2, -0.15) is 5.10 Å². The molecule has 3 aromatic heterocycles. The number of urea groups is 1. The molecule has 2 N–H and O–H groups in total. The zero-order valence-corrected chi connectivity index (χ0v) is 27.9. The van der Waals surface area contributed by atoms with Crippen LogP contribution >= 0.6 is 11.3 Å². The molecule has 0 unspecified atom stereocenters. The van der Waals surface area contributed by atoms with Crippen molar-refractivity contribution in [3.63, 3.8) is 0 Å². The summed E-state index contributed by atoms with van der Waals surface area (Å²) in [6.45, 7) is 10.9. The highest BCUT2D eigenvalue weighted by Gasteiger charge is 2.25. The third kappa shape index (κ3) is 6.94. The molecule has 47 heavy (non-hydrogen) atoms. The Kier molecular flexibility index (Phi) is 8.65. The minimum absolute atomic E-state index is 0.119. The maximum Gasteiger partial charge on any atom is 0.324 e. The fourth-order valence-electron chi connectivity index (χ4n) is 5.28. The first-order valence-electron chi connectivity index (χ1n) is 15.2. The van der Waals surface area contributed by atoms with Gasteiger partial charge in [-0.25, -0.2) is 24.4 Å². The van der Waals surface area contributed by atoms with E-state index in [9.17, 15) is 9.59 Å². The highest BCUT2D eigenvalue weighted by atomic mass is 32.1. The molecule has 13 heteroatoms. The Bertz CT molecular complexity index is 1900. The largest absolute Gasteiger partial charge is 0.496 e. The number of rotatable bonds is 8. The molecule has 12 nitrogen and oxygen atoms in total. The molecule has 0 bridgehead atoms. The number of thiazole rings is 1. The van der Waals surface area contributed by atoms with E-state index in [-0.39, 0.29) is 17.3 Å². The lowest BCUT2D eigenvalue weighted by atomic mass is 9.92. The summed E-state index contributed by atoms with van der Waals surface area (Å²) < 4.78 is 13.1. The summed E-state index contributed by atoms with van der Waals surface area (Å²) in [5, 5.41) is 11.2. The Hall–Kier alpha value is -5.30. The molecule has 0 atom stereocenters. The zero-order valence-electron chi connectivity index (χ0n) is 27.1. The van der Waals surface area contributed by atoms with Gasteiger partial charge in [0.05, 0.1) is 41.4 Å². The second-order valence-corrected chi connectivity index (χ2v) is 13.3. The molecule has 2 aromatic carbocycles. The van der Waals surface area contributed by atoms with Crippen molar-refractivity contribution >= 4 is 39.9 Å². The molecule has 242 valence electrons. The minimum Gasteiger partial charge on any atom is -0.496 e. The van der Waals surface area contributed by atoms with Gasteiger partial charge in [0, 0.05) is 30.6 Å². The summed E-state index contributed by atoms with van der Waals surface area (Å²) in [6.07, 6.45) is 6.17. The average molecular weight is 653 g/mol. The molecule has 0 saturated carbocycles. The fourth-order valence-corrected chi connectivity index (χ4v) is 6.25. The summed E-state index contributed by atoms with van der Waals surface area (Å²) in [5.41, 5.74) is 4.68. The van der Waals surface area contributed by atoms with Gasteiger partial charge in [0.15, 0.2) is 5.13 Å². The van der Waals surface area contributed by atoms with Crippen molar-refractivity contribution in [2.24, 2.45) is 0 Å². The van der Waals surface area contributed by atoms with Crippen LogP contribution in [0.1, 0.15) is 50.4 Å². The second kappa shape index (κ2) is 12.8. The van der Waals surface area contributed by atoms with E-state index >= 15 is 0 Å². The lowest BCUT2D eigenvalue weighted by Crippen LogP contribution is -2.23. The number of amides is 3. The van der Waals surface area contributed by atoms with Gasteiger partial charge in [-0.15, -0.1) is 0 Å². The number of anilines is 3. The van der Waals surface area contributed by atoms with Crippen molar-refractivity contribution in [3.05, 3.63) is 77.9 Å². The van der Waals surface area contributed by atoms with Crippen molar-refractivity contribution in [1.82, 2.24) is 24.7 Å². The van der Waals surface area contributed by atoms with E-state index < -0.39 is 6.03 Å². The number of methoxy groups -OCH3 is 1. The SMILES string of the molecule is COc1c(C)cc(-n2nc(C(C)(C)C)cc2NC(=O)Nc2cnc(Oc3ccc(-c4cnc(N5CCCC5=O)s4)cc3)nc2)cc1C. The van der Waals surface area contributed by atoms with Gasteiger partial charge in [0.2, 0.25) is 5.91 Å². The molecule has 0 spiro atoms. The van der Waals surface area contributed by atoms with E-state index in [1.54, 1.807) is 22.9 Å². The maximum atomic E-state index is 13.1. The number of carbonyl (C=O) groups is 2. The molecule has 4 heterocycles. The van der Waals surface area contributed by atoms with Gasteiger partial charge < -0.3 is 14.8 Å². The van der Waals surface area contributed by atoms with E-state index in [0.29, 0.717) is 30.2 Å². The maximum absolute atomic E-state index is 13.1. The van der Waals surface area contributed by atoms with Crippen molar-refractivity contribution < 1.29 is 19.1 Å². The topological polar surface area (TPSA) is 136 Å². The molecular weight excluding hydrogens is 616 g/mol. The van der Waals surface area contributed by atoms with Gasteiger partial charge in [0.25, 0.3) is 0 Å². The van der Waals surface area contributed by atoms with Crippen LogP contribution in [-0.4, -0.2) is 50.3 Å². The van der Waals surface area contributed by atoms with Gasteiger partial charge >= 0.3 is 12.0 Å². The molecule has 0 aliphatic carbocycles. The first kappa shape index (κ1) is 31.7. The van der Waals surface area contributed by atoms with Crippen LogP contribution < -0.4 is 25.0 Å². The van der Waals surface area contributed by atoms with Crippen LogP contribution in [0.25, 0.3) is 16.1 Å². The fraction of sp³-hybridized carbons (Fsp3) is 0.294. The Balaban J connectivity index is 1.10. The van der Waals surface area contributed by atoms with E-state index in [2.05, 4.69) is 46.4 Å². The molecule has 1 aliphatic rings. The Labute approximate surface area is 276 Å². The minimum atomic E-state index is -0.471. The number of nitrogens with zero attached hydrogens (tertiary/aromatic N) is 6. The van der Waals surface area contributed by atoms with Crippen LogP contribution in [-0.2, 0) is 10.2 Å². The van der Waals surface area contributed by atoms with Crippen molar-refractivity contribution in [2.75, 3.05) is 29.2 Å². The average Bonchev–Trinajstić information content (AvgIpc) is 3.78. The number of ether oxygens (including phenoxy) is 2. The molecule has 3 amide bonds. The highest BCUT2D eigenvalue weighted by molar-refractivity contribution is 7.19. The summed E-state index contributed by atoms with van der Waals surface area (Å²) in [4.78, 5) is 40.8. The summed E-state index contributed by atoms with van der Waals surface area (Å²) >= 11 is 1.49. The lowest BCUT2D eigenvalue weighted by Gasteiger charge is -2.15. The number of aromatic nitrogens is 5. The van der Waals surface area contributed by atoms with Crippen LogP contribution in [0.5, 0.6) is 17.5 Å². The summed E-state index contributed by atoms with van der Waals surface area (Å²) in [5.74, 6) is 2.00. The molecule has 5 aromatic rings. The number of nitrogens with one attached hydrogen (secondary N) is 2. The Morgan fingerprint density at radius 2 is 1.66 bits per heavy atom. The van der Waals surface area contributed by atoms with Gasteiger partial charge in [-0.1, -0.05) is 32.1 Å². The monoisotopic (exact) mass is 652 g/mol. The quantitative estimate of drug-likeness (QED) is 0.179. The number of hydrogen-bond donors (Lipinski definition) is 2. The summed E-state index contributed by atoms with van der Waals surface area (Å²) in [6, 6.07) is 13.0. The van der Waals surface area contributed by atoms with Crippen LogP contribution in [0.4, 0.5) is 21.4 Å². The third-order valence-corrected chi connectivity index (χ3v) is 8.71. The zero-order chi connectivity index (χ0) is 33.3. The van der Waals surface area contributed by atoms with Gasteiger partial charge in [-0.05, 0) is 73.4 Å². The van der Waals surface area contributed by atoms with Crippen LogP contribution in [0.3, 0.4) is 0 Å². The normalized spacial score (nSPS) is 13.1. The predicted octanol–water partition coefficient (Wildman–Crippen LogP) is 7.27. The smallest absolute Gasteiger partial charge is 0.324 e. The molecule has 6 rings (SSSR count). The van der Waals surface area contributed by atoms with Crippen molar-refractivity contribution in [2.45, 2.75) is 52.9 Å². The number of benzene rings is 2. The lowest BCUT2D eigenvalue weighted by molar-refractivity contribution is -0.117. The third-order valence-electron chi connectivity index (χ3n) is 7.64.